The number of hydrogen-bond donors (Lipinski definition) is 1. The minimum absolute atomic E-state index is 0.102. The molecule has 1 aromatic carbocycles. The molecule has 2 fully saturated rings. The molecule has 3 aliphatic rings. The Kier molecular flexibility index (Phi) is 7.04. The number of pyridine rings is 1. The summed E-state index contributed by atoms with van der Waals surface area (Å²) in [5.74, 6) is 0.532. The van der Waals surface area contributed by atoms with Gasteiger partial charge in [-0.2, -0.15) is 0 Å². The Hall–Kier alpha value is -2.93. The van der Waals surface area contributed by atoms with Crippen LogP contribution < -0.4 is 5.56 Å². The van der Waals surface area contributed by atoms with E-state index in [1.54, 1.807) is 6.07 Å². The number of nitrogens with zero attached hydrogens (tertiary/aromatic N) is 3. The molecular weight excluding hydrogens is 442 g/mol. The molecular formula is C28H35N3O4. The zero-order chi connectivity index (χ0) is 24.4. The van der Waals surface area contributed by atoms with Gasteiger partial charge in [0.25, 0.3) is 5.56 Å². The summed E-state index contributed by atoms with van der Waals surface area (Å²) in [6.07, 6.45) is 3.35. The number of carboxylic acids is 1. The average molecular weight is 478 g/mol. The van der Waals surface area contributed by atoms with E-state index in [0.717, 1.165) is 56.7 Å². The summed E-state index contributed by atoms with van der Waals surface area (Å²) < 4.78 is 1.95. The first-order chi connectivity index (χ1) is 17.0. The number of fused-ring (bicyclic) bond motifs is 4. The fraction of sp³-hybridized carbons (Fsp3) is 0.536. The van der Waals surface area contributed by atoms with Gasteiger partial charge in [0.05, 0.1) is 6.42 Å². The third-order valence-electron chi connectivity index (χ3n) is 8.25. The number of likely N-dealkylation sites (tertiary alicyclic amines) is 2. The Balaban J connectivity index is 1.22. The molecule has 5 rings (SSSR count). The Morgan fingerprint density at radius 1 is 0.943 bits per heavy atom. The van der Waals surface area contributed by atoms with E-state index in [-0.39, 0.29) is 29.7 Å². The van der Waals surface area contributed by atoms with Crippen LogP contribution in [0.15, 0.2) is 53.3 Å². The minimum atomic E-state index is -0.751. The molecule has 4 unspecified atom stereocenters. The maximum atomic E-state index is 13.0. The van der Waals surface area contributed by atoms with Crippen LogP contribution in [0.3, 0.4) is 0 Å². The number of carbonyl (C=O) groups is 2. The molecule has 2 bridgehead atoms. The summed E-state index contributed by atoms with van der Waals surface area (Å²) in [4.78, 5) is 41.3. The number of carboxylic acid groups (broad SMARTS) is 1. The van der Waals surface area contributed by atoms with E-state index in [4.69, 9.17) is 0 Å². The SMILES string of the molecule is O=C(O)CC1CCN(C(=O)Cc2ccccc2)CC1CCN1CC2CC(C1)c1cccc(=O)n1C2. The number of aliphatic carboxylic acids is 1. The molecule has 1 aromatic heterocycles. The summed E-state index contributed by atoms with van der Waals surface area (Å²) in [5, 5.41) is 9.48. The molecule has 1 amide bonds. The van der Waals surface area contributed by atoms with E-state index in [2.05, 4.69) is 11.0 Å². The smallest absolute Gasteiger partial charge is 0.303 e. The number of aromatic nitrogens is 1. The highest BCUT2D eigenvalue weighted by molar-refractivity contribution is 5.79. The number of benzene rings is 1. The van der Waals surface area contributed by atoms with Crippen molar-refractivity contribution in [3.8, 4) is 0 Å². The van der Waals surface area contributed by atoms with E-state index in [1.807, 2.05) is 45.9 Å². The standard InChI is InChI=1S/C28H35N3O4/c32-26-8-4-7-25-24-13-21(17-31(25)26)16-29(18-24)11-9-23-19-30(12-10-22(23)15-28(34)35)27(33)14-20-5-2-1-3-6-20/h1-8,21-24H,9-19H2,(H,34,35). The second-order valence-electron chi connectivity index (χ2n) is 10.7. The third kappa shape index (κ3) is 5.50. The van der Waals surface area contributed by atoms with Crippen molar-refractivity contribution in [3.63, 3.8) is 0 Å². The first-order valence-corrected chi connectivity index (χ1v) is 12.9. The molecule has 7 nitrogen and oxygen atoms in total. The predicted octanol–water partition coefficient (Wildman–Crippen LogP) is 2.84. The van der Waals surface area contributed by atoms with Crippen molar-refractivity contribution in [2.75, 3.05) is 32.7 Å². The highest BCUT2D eigenvalue weighted by Crippen LogP contribution is 2.36. The number of rotatable bonds is 7. The summed E-state index contributed by atoms with van der Waals surface area (Å²) in [6, 6.07) is 15.4. The molecule has 0 radical (unpaired) electrons. The van der Waals surface area contributed by atoms with Gasteiger partial charge in [-0.25, -0.2) is 0 Å². The van der Waals surface area contributed by atoms with Crippen molar-refractivity contribution in [2.24, 2.45) is 17.8 Å². The summed E-state index contributed by atoms with van der Waals surface area (Å²) in [6.45, 7) is 4.89. The van der Waals surface area contributed by atoms with E-state index in [9.17, 15) is 19.5 Å². The van der Waals surface area contributed by atoms with Crippen LogP contribution in [-0.4, -0.2) is 64.1 Å². The molecule has 0 spiro atoms. The van der Waals surface area contributed by atoms with Crippen LogP contribution in [0.25, 0.3) is 0 Å². The molecule has 2 aromatic rings. The van der Waals surface area contributed by atoms with Crippen molar-refractivity contribution in [2.45, 2.75) is 44.6 Å². The molecule has 4 atom stereocenters. The number of hydrogen-bond acceptors (Lipinski definition) is 4. The highest BCUT2D eigenvalue weighted by Gasteiger charge is 2.36. The lowest BCUT2D eigenvalue weighted by Gasteiger charge is -2.44. The molecule has 2 saturated heterocycles. The first-order valence-electron chi connectivity index (χ1n) is 12.9. The monoisotopic (exact) mass is 477 g/mol. The molecule has 3 aliphatic heterocycles. The molecule has 4 heterocycles. The van der Waals surface area contributed by atoms with Crippen LogP contribution in [0, 0.1) is 17.8 Å². The van der Waals surface area contributed by atoms with Gasteiger partial charge in [-0.1, -0.05) is 36.4 Å². The van der Waals surface area contributed by atoms with Crippen LogP contribution in [-0.2, 0) is 22.6 Å². The second-order valence-corrected chi connectivity index (χ2v) is 10.7. The van der Waals surface area contributed by atoms with Gasteiger partial charge in [-0.05, 0) is 55.2 Å². The highest BCUT2D eigenvalue weighted by atomic mass is 16.4. The van der Waals surface area contributed by atoms with Crippen molar-refractivity contribution < 1.29 is 14.7 Å². The van der Waals surface area contributed by atoms with Gasteiger partial charge >= 0.3 is 5.97 Å². The molecule has 0 saturated carbocycles. The summed E-state index contributed by atoms with van der Waals surface area (Å²) >= 11 is 0. The number of carbonyl (C=O) groups excluding carboxylic acids is 1. The fourth-order valence-electron chi connectivity index (χ4n) is 6.54. The van der Waals surface area contributed by atoms with Gasteiger partial charge in [0.2, 0.25) is 5.91 Å². The van der Waals surface area contributed by atoms with Crippen molar-refractivity contribution in [1.82, 2.24) is 14.4 Å². The first kappa shape index (κ1) is 23.8. The van der Waals surface area contributed by atoms with Gasteiger partial charge in [0, 0.05) is 56.8 Å². The quantitative estimate of drug-likeness (QED) is 0.663. The van der Waals surface area contributed by atoms with Crippen molar-refractivity contribution >= 4 is 11.9 Å². The van der Waals surface area contributed by atoms with Crippen molar-refractivity contribution in [1.29, 1.82) is 0 Å². The lowest BCUT2D eigenvalue weighted by Crippen LogP contribution is -2.49. The van der Waals surface area contributed by atoms with E-state index < -0.39 is 5.97 Å². The van der Waals surface area contributed by atoms with Gasteiger partial charge in [0.15, 0.2) is 0 Å². The Bertz CT molecular complexity index is 1110. The molecule has 0 aliphatic carbocycles. The average Bonchev–Trinajstić information content (AvgIpc) is 2.84. The molecule has 186 valence electrons. The zero-order valence-electron chi connectivity index (χ0n) is 20.2. The van der Waals surface area contributed by atoms with E-state index in [1.165, 1.54) is 0 Å². The lowest BCUT2D eigenvalue weighted by atomic mass is 9.80. The predicted molar refractivity (Wildman–Crippen MR) is 133 cm³/mol. The maximum absolute atomic E-state index is 13.0. The van der Waals surface area contributed by atoms with Crippen LogP contribution in [0.5, 0.6) is 0 Å². The van der Waals surface area contributed by atoms with E-state index in [0.29, 0.717) is 31.3 Å². The maximum Gasteiger partial charge on any atom is 0.303 e. The second kappa shape index (κ2) is 10.4. The molecule has 1 N–H and O–H groups in total. The minimum Gasteiger partial charge on any atom is -0.481 e. The normalized spacial score (nSPS) is 26.2. The van der Waals surface area contributed by atoms with Crippen LogP contribution >= 0.6 is 0 Å². The lowest BCUT2D eigenvalue weighted by molar-refractivity contribution is -0.139. The van der Waals surface area contributed by atoms with E-state index >= 15 is 0 Å². The van der Waals surface area contributed by atoms with Gasteiger partial charge < -0.3 is 19.5 Å². The van der Waals surface area contributed by atoms with Gasteiger partial charge in [-0.3, -0.25) is 14.4 Å². The Labute approximate surface area is 206 Å². The summed E-state index contributed by atoms with van der Waals surface area (Å²) in [7, 11) is 0. The van der Waals surface area contributed by atoms with Crippen molar-refractivity contribution in [3.05, 3.63) is 70.1 Å². The Morgan fingerprint density at radius 3 is 2.57 bits per heavy atom. The van der Waals surface area contributed by atoms with Gasteiger partial charge in [-0.15, -0.1) is 0 Å². The van der Waals surface area contributed by atoms with Gasteiger partial charge in [0.1, 0.15) is 0 Å². The number of piperidine rings is 2. The molecule has 35 heavy (non-hydrogen) atoms. The summed E-state index contributed by atoms with van der Waals surface area (Å²) in [5.41, 5.74) is 2.27. The number of amides is 1. The van der Waals surface area contributed by atoms with Crippen LogP contribution in [0.4, 0.5) is 0 Å². The van der Waals surface area contributed by atoms with Crippen LogP contribution in [0.2, 0.25) is 0 Å². The molecule has 7 heteroatoms. The fourth-order valence-corrected chi connectivity index (χ4v) is 6.54. The zero-order valence-corrected chi connectivity index (χ0v) is 20.2. The largest absolute Gasteiger partial charge is 0.481 e. The van der Waals surface area contributed by atoms with Crippen LogP contribution in [0.1, 0.15) is 42.9 Å². The third-order valence-corrected chi connectivity index (χ3v) is 8.25. The topological polar surface area (TPSA) is 82.8 Å². The Morgan fingerprint density at radius 2 is 1.77 bits per heavy atom.